The number of hydrogen-bond acceptors (Lipinski definition) is 4. The number of nitrogens with zero attached hydrogens (tertiary/aromatic N) is 4. The summed E-state index contributed by atoms with van der Waals surface area (Å²) in [4.78, 5) is 27.3. The van der Waals surface area contributed by atoms with Crippen LogP contribution in [0.1, 0.15) is 54.4 Å². The number of carbonyl (C=O) groups excluding carboxylic acids is 2. The van der Waals surface area contributed by atoms with E-state index in [4.69, 9.17) is 0 Å². The first kappa shape index (κ1) is 14.8. The molecule has 128 valence electrons. The SMILES string of the molecule is Cn1c(CN2C(=O)CC3(CCc4ccccc43)C2=O)nnc1C1CC1. The molecule has 2 aliphatic carbocycles. The molecule has 2 heterocycles. The van der Waals surface area contributed by atoms with Crippen molar-refractivity contribution in [1.82, 2.24) is 19.7 Å². The van der Waals surface area contributed by atoms with Gasteiger partial charge in [0.05, 0.1) is 12.0 Å². The number of likely N-dealkylation sites (tertiary alicyclic amines) is 1. The fraction of sp³-hybridized carbons (Fsp3) is 0.474. The van der Waals surface area contributed by atoms with Crippen LogP contribution in [0.25, 0.3) is 0 Å². The van der Waals surface area contributed by atoms with E-state index in [1.54, 1.807) is 0 Å². The van der Waals surface area contributed by atoms with Crippen molar-refractivity contribution in [3.05, 3.63) is 47.0 Å². The first-order valence-electron chi connectivity index (χ1n) is 8.91. The highest BCUT2D eigenvalue weighted by molar-refractivity contribution is 6.09. The second-order valence-electron chi connectivity index (χ2n) is 7.51. The van der Waals surface area contributed by atoms with Crippen molar-refractivity contribution < 1.29 is 9.59 Å². The molecule has 1 aromatic carbocycles. The van der Waals surface area contributed by atoms with Crippen molar-refractivity contribution in [3.63, 3.8) is 0 Å². The zero-order valence-corrected chi connectivity index (χ0v) is 14.2. The summed E-state index contributed by atoms with van der Waals surface area (Å²) in [7, 11) is 1.93. The number of aryl methyl sites for hydroxylation is 1. The van der Waals surface area contributed by atoms with Gasteiger partial charge in [0, 0.05) is 19.4 Å². The summed E-state index contributed by atoms with van der Waals surface area (Å²) in [5, 5.41) is 8.49. The normalized spacial score (nSPS) is 25.2. The maximum absolute atomic E-state index is 13.2. The molecule has 3 aliphatic rings. The van der Waals surface area contributed by atoms with Gasteiger partial charge < -0.3 is 4.57 Å². The predicted octanol–water partition coefficient (Wildman–Crippen LogP) is 1.84. The van der Waals surface area contributed by atoms with Crippen LogP contribution in [0.15, 0.2) is 24.3 Å². The standard InChI is InChI=1S/C19H20N4O2/c1-22-15(20-21-17(22)13-6-7-13)11-23-16(24)10-19(18(23)25)9-8-12-4-2-3-5-14(12)19/h2-5,13H,6-11H2,1H3. The molecule has 25 heavy (non-hydrogen) atoms. The van der Waals surface area contributed by atoms with Gasteiger partial charge in [0.25, 0.3) is 0 Å². The lowest BCUT2D eigenvalue weighted by atomic mass is 9.80. The van der Waals surface area contributed by atoms with Crippen molar-refractivity contribution in [3.8, 4) is 0 Å². The quantitative estimate of drug-likeness (QED) is 0.802. The molecule has 1 spiro atoms. The minimum atomic E-state index is -0.661. The summed E-state index contributed by atoms with van der Waals surface area (Å²) in [6, 6.07) is 8.02. The third-order valence-corrected chi connectivity index (χ3v) is 6.00. The lowest BCUT2D eigenvalue weighted by Gasteiger charge is -2.22. The maximum atomic E-state index is 13.2. The molecule has 1 saturated heterocycles. The smallest absolute Gasteiger partial charge is 0.240 e. The van der Waals surface area contributed by atoms with Crippen molar-refractivity contribution in [2.24, 2.45) is 7.05 Å². The van der Waals surface area contributed by atoms with E-state index >= 15 is 0 Å². The molecule has 1 atom stereocenters. The first-order valence-corrected chi connectivity index (χ1v) is 8.91. The number of rotatable bonds is 3. The molecular formula is C19H20N4O2. The number of hydrogen-bond donors (Lipinski definition) is 0. The summed E-state index contributed by atoms with van der Waals surface area (Å²) >= 11 is 0. The van der Waals surface area contributed by atoms with Crippen LogP contribution in [0.5, 0.6) is 0 Å². The zero-order chi connectivity index (χ0) is 17.2. The van der Waals surface area contributed by atoms with Crippen LogP contribution in [-0.2, 0) is 35.0 Å². The molecule has 5 rings (SSSR count). The van der Waals surface area contributed by atoms with Gasteiger partial charge in [-0.3, -0.25) is 14.5 Å². The van der Waals surface area contributed by atoms with Crippen molar-refractivity contribution in [2.75, 3.05) is 0 Å². The summed E-state index contributed by atoms with van der Waals surface area (Å²) in [6.07, 6.45) is 4.15. The Balaban J connectivity index is 1.46. The average molecular weight is 336 g/mol. The molecule has 6 nitrogen and oxygen atoms in total. The Labute approximate surface area is 145 Å². The molecule has 2 amide bonds. The van der Waals surface area contributed by atoms with Crippen LogP contribution in [0.2, 0.25) is 0 Å². The number of fused-ring (bicyclic) bond motifs is 2. The van der Waals surface area contributed by atoms with E-state index in [1.807, 2.05) is 29.8 Å². The van der Waals surface area contributed by atoms with E-state index < -0.39 is 5.41 Å². The second kappa shape index (κ2) is 5.00. The maximum Gasteiger partial charge on any atom is 0.240 e. The number of aromatic nitrogens is 3. The van der Waals surface area contributed by atoms with Crippen molar-refractivity contribution in [1.29, 1.82) is 0 Å². The average Bonchev–Trinajstić information content (AvgIpc) is 3.24. The monoisotopic (exact) mass is 336 g/mol. The number of carbonyl (C=O) groups is 2. The Kier molecular flexibility index (Phi) is 2.96. The van der Waals surface area contributed by atoms with E-state index in [0.717, 1.165) is 37.1 Å². The Bertz CT molecular complexity index is 899. The molecule has 0 radical (unpaired) electrons. The summed E-state index contributed by atoms with van der Waals surface area (Å²) in [5.74, 6) is 1.97. The zero-order valence-electron chi connectivity index (χ0n) is 14.2. The van der Waals surface area contributed by atoms with Gasteiger partial charge in [-0.15, -0.1) is 10.2 Å². The van der Waals surface area contributed by atoms with Gasteiger partial charge in [-0.1, -0.05) is 24.3 Å². The molecule has 1 unspecified atom stereocenters. The van der Waals surface area contributed by atoms with Crippen LogP contribution in [0, 0.1) is 0 Å². The van der Waals surface area contributed by atoms with Crippen LogP contribution in [-0.4, -0.2) is 31.5 Å². The van der Waals surface area contributed by atoms with Crippen LogP contribution in [0.3, 0.4) is 0 Å². The van der Waals surface area contributed by atoms with E-state index in [2.05, 4.69) is 16.3 Å². The first-order chi connectivity index (χ1) is 12.1. The minimum absolute atomic E-state index is 0.0709. The Morgan fingerprint density at radius 1 is 1.20 bits per heavy atom. The van der Waals surface area contributed by atoms with E-state index in [9.17, 15) is 9.59 Å². The molecule has 2 aromatic rings. The van der Waals surface area contributed by atoms with E-state index in [-0.39, 0.29) is 24.8 Å². The summed E-state index contributed by atoms with van der Waals surface area (Å²) in [5.41, 5.74) is 1.57. The molecule has 1 aromatic heterocycles. The summed E-state index contributed by atoms with van der Waals surface area (Å²) in [6.45, 7) is 0.220. The Hall–Kier alpha value is -2.50. The molecule has 0 bridgehead atoms. The number of imide groups is 1. The van der Waals surface area contributed by atoms with Crippen LogP contribution >= 0.6 is 0 Å². The lowest BCUT2D eigenvalue weighted by molar-refractivity contribution is -0.140. The largest absolute Gasteiger partial charge is 0.316 e. The van der Waals surface area contributed by atoms with Crippen molar-refractivity contribution >= 4 is 11.8 Å². The molecule has 0 N–H and O–H groups in total. The third kappa shape index (κ3) is 2.03. The van der Waals surface area contributed by atoms with Gasteiger partial charge >= 0.3 is 0 Å². The van der Waals surface area contributed by atoms with Gasteiger partial charge in [-0.25, -0.2) is 0 Å². The topological polar surface area (TPSA) is 68.1 Å². The van der Waals surface area contributed by atoms with Crippen LogP contribution in [0.4, 0.5) is 0 Å². The van der Waals surface area contributed by atoms with Gasteiger partial charge in [-0.2, -0.15) is 0 Å². The highest BCUT2D eigenvalue weighted by atomic mass is 16.2. The van der Waals surface area contributed by atoms with E-state index in [0.29, 0.717) is 11.7 Å². The third-order valence-electron chi connectivity index (χ3n) is 6.00. The highest BCUT2D eigenvalue weighted by Gasteiger charge is 2.55. The van der Waals surface area contributed by atoms with Gasteiger partial charge in [0.15, 0.2) is 5.82 Å². The van der Waals surface area contributed by atoms with Gasteiger partial charge in [-0.05, 0) is 36.8 Å². The Morgan fingerprint density at radius 2 is 2.00 bits per heavy atom. The second-order valence-corrected chi connectivity index (χ2v) is 7.51. The van der Waals surface area contributed by atoms with Gasteiger partial charge in [0.2, 0.25) is 11.8 Å². The van der Waals surface area contributed by atoms with Crippen LogP contribution < -0.4 is 0 Å². The van der Waals surface area contributed by atoms with E-state index in [1.165, 1.54) is 10.5 Å². The Morgan fingerprint density at radius 3 is 2.80 bits per heavy atom. The minimum Gasteiger partial charge on any atom is -0.316 e. The molecule has 1 saturated carbocycles. The van der Waals surface area contributed by atoms with Gasteiger partial charge in [0.1, 0.15) is 5.82 Å². The molecule has 1 aliphatic heterocycles. The highest BCUT2D eigenvalue weighted by Crippen LogP contribution is 2.47. The van der Waals surface area contributed by atoms with Crippen molar-refractivity contribution in [2.45, 2.75) is 50.0 Å². The fourth-order valence-electron chi connectivity index (χ4n) is 4.41. The molecule has 6 heteroatoms. The lowest BCUT2D eigenvalue weighted by Crippen LogP contribution is -2.37. The summed E-state index contributed by atoms with van der Waals surface area (Å²) < 4.78 is 1.95. The predicted molar refractivity (Wildman–Crippen MR) is 89.6 cm³/mol. The molecule has 2 fully saturated rings. The number of amides is 2. The number of benzene rings is 1. The molecular weight excluding hydrogens is 316 g/mol. The fourth-order valence-corrected chi connectivity index (χ4v) is 4.41.